The van der Waals surface area contributed by atoms with Gasteiger partial charge in [0.25, 0.3) is 0 Å². The Hall–Kier alpha value is -2.82. The number of nitrogens with zero attached hydrogens (tertiary/aromatic N) is 3. The van der Waals surface area contributed by atoms with E-state index in [1.807, 2.05) is 12.1 Å². The smallest absolute Gasteiger partial charge is 0.221 e. The van der Waals surface area contributed by atoms with Crippen molar-refractivity contribution in [2.75, 3.05) is 5.73 Å². The Bertz CT molecular complexity index is 744. The van der Waals surface area contributed by atoms with Gasteiger partial charge in [-0.05, 0) is 30.3 Å². The molecule has 0 spiro atoms. The zero-order valence-electron chi connectivity index (χ0n) is 10.5. The Kier molecular flexibility index (Phi) is 3.09. The third kappa shape index (κ3) is 2.47. The summed E-state index contributed by atoms with van der Waals surface area (Å²) in [6, 6.07) is 11.7. The van der Waals surface area contributed by atoms with Gasteiger partial charge in [0.1, 0.15) is 5.82 Å². The number of rotatable bonds is 2. The minimum absolute atomic E-state index is 0.144. The maximum Gasteiger partial charge on any atom is 0.221 e. The fourth-order valence-corrected chi connectivity index (χ4v) is 1.92. The maximum absolute atomic E-state index is 13.3. The van der Waals surface area contributed by atoms with Crippen LogP contribution in [0.3, 0.4) is 0 Å². The van der Waals surface area contributed by atoms with Crippen LogP contribution in [0.1, 0.15) is 0 Å². The Balaban J connectivity index is 2.12. The lowest BCUT2D eigenvalue weighted by atomic mass is 10.1. The van der Waals surface area contributed by atoms with Gasteiger partial charge in [0.15, 0.2) is 0 Å². The first-order valence-corrected chi connectivity index (χ1v) is 6.03. The van der Waals surface area contributed by atoms with Crippen LogP contribution < -0.4 is 5.73 Å². The van der Waals surface area contributed by atoms with Crippen molar-refractivity contribution in [2.24, 2.45) is 0 Å². The third-order valence-corrected chi connectivity index (χ3v) is 2.82. The Labute approximate surface area is 115 Å². The van der Waals surface area contributed by atoms with E-state index in [2.05, 4.69) is 15.0 Å². The second-order valence-corrected chi connectivity index (χ2v) is 4.25. The van der Waals surface area contributed by atoms with E-state index < -0.39 is 0 Å². The SMILES string of the molecule is Nc1nc(-c2cccnc2)cc(-c2cccc(F)c2)n1. The first kappa shape index (κ1) is 12.2. The minimum Gasteiger partial charge on any atom is -0.368 e. The highest BCUT2D eigenvalue weighted by atomic mass is 19.1. The number of hydrogen-bond acceptors (Lipinski definition) is 4. The van der Waals surface area contributed by atoms with Crippen LogP contribution in [-0.4, -0.2) is 15.0 Å². The van der Waals surface area contributed by atoms with E-state index >= 15 is 0 Å². The van der Waals surface area contributed by atoms with Crippen molar-refractivity contribution in [3.05, 3.63) is 60.7 Å². The van der Waals surface area contributed by atoms with Crippen LogP contribution in [-0.2, 0) is 0 Å². The summed E-state index contributed by atoms with van der Waals surface area (Å²) < 4.78 is 13.3. The number of benzene rings is 1. The van der Waals surface area contributed by atoms with Gasteiger partial charge in [-0.3, -0.25) is 4.98 Å². The van der Waals surface area contributed by atoms with E-state index in [0.717, 1.165) is 5.56 Å². The van der Waals surface area contributed by atoms with Crippen molar-refractivity contribution in [2.45, 2.75) is 0 Å². The molecule has 2 aromatic heterocycles. The van der Waals surface area contributed by atoms with Crippen molar-refractivity contribution >= 4 is 5.95 Å². The van der Waals surface area contributed by atoms with Crippen LogP contribution in [0, 0.1) is 5.82 Å². The first-order chi connectivity index (χ1) is 9.72. The Morgan fingerprint density at radius 3 is 2.35 bits per heavy atom. The molecular weight excluding hydrogens is 255 g/mol. The summed E-state index contributed by atoms with van der Waals surface area (Å²) in [4.78, 5) is 12.4. The molecule has 0 bridgehead atoms. The van der Waals surface area contributed by atoms with Crippen LogP contribution >= 0.6 is 0 Å². The Morgan fingerprint density at radius 1 is 0.900 bits per heavy atom. The molecule has 5 heteroatoms. The lowest BCUT2D eigenvalue weighted by molar-refractivity contribution is 0.628. The van der Waals surface area contributed by atoms with E-state index in [-0.39, 0.29) is 11.8 Å². The van der Waals surface area contributed by atoms with Gasteiger partial charge >= 0.3 is 0 Å². The van der Waals surface area contributed by atoms with E-state index in [0.29, 0.717) is 17.0 Å². The second-order valence-electron chi connectivity index (χ2n) is 4.25. The number of halogens is 1. The molecule has 0 unspecified atom stereocenters. The highest BCUT2D eigenvalue weighted by Crippen LogP contribution is 2.24. The lowest BCUT2D eigenvalue weighted by Crippen LogP contribution is -1.99. The number of aromatic nitrogens is 3. The van der Waals surface area contributed by atoms with Gasteiger partial charge in [-0.15, -0.1) is 0 Å². The molecule has 0 radical (unpaired) electrons. The monoisotopic (exact) mass is 266 g/mol. The summed E-state index contributed by atoms with van der Waals surface area (Å²) in [5, 5.41) is 0. The van der Waals surface area contributed by atoms with Crippen molar-refractivity contribution in [3.8, 4) is 22.5 Å². The summed E-state index contributed by atoms with van der Waals surface area (Å²) in [5.41, 5.74) is 8.46. The summed E-state index contributed by atoms with van der Waals surface area (Å²) in [5.74, 6) is -0.173. The van der Waals surface area contributed by atoms with Gasteiger partial charge in [-0.2, -0.15) is 0 Å². The van der Waals surface area contributed by atoms with Crippen LogP contribution in [0.2, 0.25) is 0 Å². The zero-order valence-corrected chi connectivity index (χ0v) is 10.5. The first-order valence-electron chi connectivity index (χ1n) is 6.03. The lowest BCUT2D eigenvalue weighted by Gasteiger charge is -2.06. The van der Waals surface area contributed by atoms with Crippen LogP contribution in [0.25, 0.3) is 22.5 Å². The van der Waals surface area contributed by atoms with Crippen molar-refractivity contribution in [1.82, 2.24) is 15.0 Å². The fourth-order valence-electron chi connectivity index (χ4n) is 1.92. The number of pyridine rings is 1. The third-order valence-electron chi connectivity index (χ3n) is 2.82. The molecule has 3 rings (SSSR count). The molecule has 0 amide bonds. The van der Waals surface area contributed by atoms with Crippen molar-refractivity contribution in [3.63, 3.8) is 0 Å². The molecule has 0 saturated heterocycles. The second kappa shape index (κ2) is 5.05. The molecule has 98 valence electrons. The van der Waals surface area contributed by atoms with Gasteiger partial charge < -0.3 is 5.73 Å². The van der Waals surface area contributed by atoms with E-state index in [1.54, 1.807) is 30.6 Å². The number of hydrogen-bond donors (Lipinski definition) is 1. The standard InChI is InChI=1S/C15H11FN4/c16-12-5-1-3-10(7-12)13-8-14(20-15(17)19-13)11-4-2-6-18-9-11/h1-9H,(H2,17,19,20). The molecule has 1 aromatic carbocycles. The summed E-state index contributed by atoms with van der Waals surface area (Å²) in [7, 11) is 0. The quantitative estimate of drug-likeness (QED) is 0.774. The summed E-state index contributed by atoms with van der Waals surface area (Å²) >= 11 is 0. The number of anilines is 1. The van der Waals surface area contributed by atoms with Crippen LogP contribution in [0.4, 0.5) is 10.3 Å². The minimum atomic E-state index is -0.317. The predicted octanol–water partition coefficient (Wildman–Crippen LogP) is 2.93. The summed E-state index contributed by atoms with van der Waals surface area (Å²) in [6.45, 7) is 0. The molecule has 2 N–H and O–H groups in total. The zero-order chi connectivity index (χ0) is 13.9. The number of nitrogens with two attached hydrogens (primary N) is 1. The molecule has 0 aliphatic heterocycles. The molecule has 2 heterocycles. The maximum atomic E-state index is 13.3. The normalized spacial score (nSPS) is 10.4. The van der Waals surface area contributed by atoms with Gasteiger partial charge in [-0.25, -0.2) is 14.4 Å². The number of nitrogen functional groups attached to an aromatic ring is 1. The molecule has 3 aromatic rings. The molecule has 0 atom stereocenters. The van der Waals surface area contributed by atoms with Gasteiger partial charge in [-0.1, -0.05) is 12.1 Å². The molecule has 0 saturated carbocycles. The average molecular weight is 266 g/mol. The van der Waals surface area contributed by atoms with Gasteiger partial charge in [0, 0.05) is 23.5 Å². The largest absolute Gasteiger partial charge is 0.368 e. The molecule has 20 heavy (non-hydrogen) atoms. The molecular formula is C15H11FN4. The molecule has 0 aliphatic rings. The molecule has 4 nitrogen and oxygen atoms in total. The highest BCUT2D eigenvalue weighted by Gasteiger charge is 2.07. The van der Waals surface area contributed by atoms with Crippen molar-refractivity contribution in [1.29, 1.82) is 0 Å². The fraction of sp³-hybridized carbons (Fsp3) is 0. The van der Waals surface area contributed by atoms with E-state index in [9.17, 15) is 4.39 Å². The van der Waals surface area contributed by atoms with E-state index in [1.165, 1.54) is 12.1 Å². The average Bonchev–Trinajstić information content (AvgIpc) is 2.47. The summed E-state index contributed by atoms with van der Waals surface area (Å²) in [6.07, 6.45) is 3.37. The van der Waals surface area contributed by atoms with Gasteiger partial charge in [0.2, 0.25) is 5.95 Å². The Morgan fingerprint density at radius 2 is 1.65 bits per heavy atom. The van der Waals surface area contributed by atoms with Crippen molar-refractivity contribution < 1.29 is 4.39 Å². The van der Waals surface area contributed by atoms with Gasteiger partial charge in [0.05, 0.1) is 11.4 Å². The topological polar surface area (TPSA) is 64.7 Å². The molecule has 0 aliphatic carbocycles. The van der Waals surface area contributed by atoms with E-state index in [4.69, 9.17) is 5.73 Å². The molecule has 0 fully saturated rings. The predicted molar refractivity (Wildman–Crippen MR) is 75.1 cm³/mol. The van der Waals surface area contributed by atoms with Crippen LogP contribution in [0.5, 0.6) is 0 Å². The van der Waals surface area contributed by atoms with Crippen LogP contribution in [0.15, 0.2) is 54.9 Å². The highest BCUT2D eigenvalue weighted by molar-refractivity contribution is 5.68.